The number of alkyl halides is 3. The van der Waals surface area contributed by atoms with Gasteiger partial charge in [0, 0.05) is 16.7 Å². The SMILES string of the molecule is N#Cc1cc(OC(F)(F)F)[nH]c(=O)c1S(=O)(=O)Cl. The molecule has 0 aliphatic heterocycles. The highest BCUT2D eigenvalue weighted by Gasteiger charge is 2.32. The summed E-state index contributed by atoms with van der Waals surface area (Å²) in [7, 11) is 0.304. The first-order valence-electron chi connectivity index (χ1n) is 3.92. The lowest BCUT2D eigenvalue weighted by atomic mass is 10.3. The summed E-state index contributed by atoms with van der Waals surface area (Å²) in [6.45, 7) is 0. The quantitative estimate of drug-likeness (QED) is 0.824. The third kappa shape index (κ3) is 3.38. The van der Waals surface area contributed by atoms with Gasteiger partial charge in [-0.3, -0.25) is 9.78 Å². The number of H-pyrrole nitrogens is 1. The number of hydrogen-bond donors (Lipinski definition) is 1. The molecule has 1 aromatic rings. The van der Waals surface area contributed by atoms with Gasteiger partial charge in [0.25, 0.3) is 14.6 Å². The van der Waals surface area contributed by atoms with E-state index in [1.54, 1.807) is 0 Å². The Kier molecular flexibility index (Phi) is 3.59. The van der Waals surface area contributed by atoms with Crippen LogP contribution >= 0.6 is 10.7 Å². The van der Waals surface area contributed by atoms with E-state index in [9.17, 15) is 26.4 Å². The zero-order valence-electron chi connectivity index (χ0n) is 8.08. The molecule has 1 N–H and O–H groups in total. The van der Waals surface area contributed by atoms with Crippen molar-refractivity contribution in [2.24, 2.45) is 0 Å². The molecule has 1 heterocycles. The Morgan fingerprint density at radius 1 is 1.44 bits per heavy atom. The maximum Gasteiger partial charge on any atom is 0.574 e. The molecule has 0 amide bonds. The molecule has 0 bridgehead atoms. The van der Waals surface area contributed by atoms with Gasteiger partial charge in [-0.25, -0.2) is 8.42 Å². The van der Waals surface area contributed by atoms with E-state index in [0.717, 1.165) is 0 Å². The van der Waals surface area contributed by atoms with E-state index in [2.05, 4.69) is 4.74 Å². The van der Waals surface area contributed by atoms with Crippen LogP contribution in [0.15, 0.2) is 15.8 Å². The zero-order chi connectivity index (χ0) is 14.1. The van der Waals surface area contributed by atoms with E-state index in [-0.39, 0.29) is 0 Å². The van der Waals surface area contributed by atoms with E-state index in [0.29, 0.717) is 6.07 Å². The largest absolute Gasteiger partial charge is 0.574 e. The Bertz CT molecular complexity index is 673. The average Bonchev–Trinajstić information content (AvgIpc) is 2.11. The monoisotopic (exact) mass is 302 g/mol. The lowest BCUT2D eigenvalue weighted by molar-refractivity contribution is -0.276. The van der Waals surface area contributed by atoms with E-state index in [4.69, 9.17) is 15.9 Å². The molecule has 98 valence electrons. The van der Waals surface area contributed by atoms with Crippen molar-refractivity contribution in [3.05, 3.63) is 22.0 Å². The number of nitrogens with one attached hydrogen (secondary N) is 1. The summed E-state index contributed by atoms with van der Waals surface area (Å²) in [5, 5.41) is 8.57. The molecule has 1 rings (SSSR count). The summed E-state index contributed by atoms with van der Waals surface area (Å²) >= 11 is 0. The molecule has 6 nitrogen and oxygen atoms in total. The molecule has 0 aromatic carbocycles. The number of aromatic amines is 1. The molecule has 18 heavy (non-hydrogen) atoms. The summed E-state index contributed by atoms with van der Waals surface area (Å²) < 4.78 is 60.9. The number of halogens is 4. The molecule has 11 heteroatoms. The fourth-order valence-electron chi connectivity index (χ4n) is 1.03. The van der Waals surface area contributed by atoms with Crippen molar-refractivity contribution < 1.29 is 26.3 Å². The topological polar surface area (TPSA) is 100 Å². The number of aromatic nitrogens is 1. The molecule has 0 aliphatic rings. The van der Waals surface area contributed by atoms with Gasteiger partial charge in [0.2, 0.25) is 5.88 Å². The van der Waals surface area contributed by atoms with Crippen molar-refractivity contribution in [1.82, 2.24) is 4.98 Å². The van der Waals surface area contributed by atoms with Crippen molar-refractivity contribution in [2.75, 3.05) is 0 Å². The molecule has 0 radical (unpaired) electrons. The Labute approximate surface area is 102 Å². The van der Waals surface area contributed by atoms with Crippen LogP contribution in [0.1, 0.15) is 5.56 Å². The fourth-order valence-corrected chi connectivity index (χ4v) is 2.13. The van der Waals surface area contributed by atoms with Crippen molar-refractivity contribution in [3.63, 3.8) is 0 Å². The van der Waals surface area contributed by atoms with E-state index >= 15 is 0 Å². The first kappa shape index (κ1) is 14.3. The zero-order valence-corrected chi connectivity index (χ0v) is 9.65. The van der Waals surface area contributed by atoms with E-state index < -0.39 is 37.3 Å². The van der Waals surface area contributed by atoms with Gasteiger partial charge in [0.05, 0.1) is 5.56 Å². The summed E-state index contributed by atoms with van der Waals surface area (Å²) in [4.78, 5) is 11.6. The molecule has 1 aromatic heterocycles. The number of nitriles is 1. The Hall–Kier alpha value is -1.73. The Morgan fingerprint density at radius 2 is 2.00 bits per heavy atom. The Balaban J connectivity index is 3.49. The maximum absolute atomic E-state index is 11.9. The van der Waals surface area contributed by atoms with Crippen LogP contribution in [0, 0.1) is 11.3 Å². The maximum atomic E-state index is 11.9. The minimum atomic E-state index is -5.10. The van der Waals surface area contributed by atoms with Gasteiger partial charge in [0.1, 0.15) is 6.07 Å². The van der Waals surface area contributed by atoms with Crippen molar-refractivity contribution >= 4 is 19.7 Å². The predicted molar refractivity (Wildman–Crippen MR) is 51.5 cm³/mol. The number of rotatable bonds is 2. The van der Waals surface area contributed by atoms with Gasteiger partial charge in [-0.1, -0.05) is 0 Å². The van der Waals surface area contributed by atoms with Crippen LogP contribution in [-0.2, 0) is 9.05 Å². The van der Waals surface area contributed by atoms with Crippen LogP contribution in [0.2, 0.25) is 0 Å². The van der Waals surface area contributed by atoms with Gasteiger partial charge in [-0.15, -0.1) is 13.2 Å². The van der Waals surface area contributed by atoms with E-state index in [1.807, 2.05) is 0 Å². The summed E-state index contributed by atoms with van der Waals surface area (Å²) in [6.07, 6.45) is -5.10. The van der Waals surface area contributed by atoms with Crippen LogP contribution < -0.4 is 10.3 Å². The number of hydrogen-bond acceptors (Lipinski definition) is 5. The van der Waals surface area contributed by atoms with Crippen LogP contribution in [0.5, 0.6) is 5.88 Å². The predicted octanol–water partition coefficient (Wildman–Crippen LogP) is 1.07. The molecule has 0 aliphatic carbocycles. The molecule has 0 unspecified atom stereocenters. The van der Waals surface area contributed by atoms with Crippen molar-refractivity contribution in [2.45, 2.75) is 11.3 Å². The van der Waals surface area contributed by atoms with Gasteiger partial charge < -0.3 is 4.74 Å². The van der Waals surface area contributed by atoms with Crippen molar-refractivity contribution in [1.29, 1.82) is 5.26 Å². The smallest absolute Gasteiger partial charge is 0.390 e. The first-order chi connectivity index (χ1) is 8.04. The van der Waals surface area contributed by atoms with Crippen LogP contribution in [0.3, 0.4) is 0 Å². The third-order valence-electron chi connectivity index (χ3n) is 1.55. The highest BCUT2D eigenvalue weighted by Crippen LogP contribution is 2.23. The number of ether oxygens (including phenoxy) is 1. The third-order valence-corrected chi connectivity index (χ3v) is 2.91. The minimum absolute atomic E-state index is 0.407. The molecule has 0 spiro atoms. The normalized spacial score (nSPS) is 11.9. The lowest BCUT2D eigenvalue weighted by Crippen LogP contribution is -2.23. The van der Waals surface area contributed by atoms with Gasteiger partial charge in [-0.2, -0.15) is 5.26 Å². The number of nitrogens with zero attached hydrogens (tertiary/aromatic N) is 1. The molecule has 0 saturated heterocycles. The highest BCUT2D eigenvalue weighted by molar-refractivity contribution is 8.13. The Morgan fingerprint density at radius 3 is 2.39 bits per heavy atom. The van der Waals surface area contributed by atoms with Crippen LogP contribution in [0.4, 0.5) is 13.2 Å². The highest BCUT2D eigenvalue weighted by atomic mass is 35.7. The second-order valence-corrected chi connectivity index (χ2v) is 5.31. The molecular weight excluding hydrogens is 301 g/mol. The van der Waals surface area contributed by atoms with Gasteiger partial charge >= 0.3 is 6.36 Å². The van der Waals surface area contributed by atoms with Crippen LogP contribution in [0.25, 0.3) is 0 Å². The molecule has 0 fully saturated rings. The van der Waals surface area contributed by atoms with E-state index in [1.165, 1.54) is 11.1 Å². The number of pyridine rings is 1. The van der Waals surface area contributed by atoms with Gasteiger partial charge in [-0.05, 0) is 0 Å². The minimum Gasteiger partial charge on any atom is -0.390 e. The molecule has 0 saturated carbocycles. The molecular formula is C7H2ClF3N2O4S. The summed E-state index contributed by atoms with van der Waals surface area (Å²) in [5.74, 6) is -1.12. The summed E-state index contributed by atoms with van der Waals surface area (Å²) in [6, 6.07) is 1.65. The first-order valence-corrected chi connectivity index (χ1v) is 6.23. The second kappa shape index (κ2) is 4.51. The fraction of sp³-hybridized carbons (Fsp3) is 0.143. The second-order valence-electron chi connectivity index (χ2n) is 2.80. The molecule has 0 atom stereocenters. The average molecular weight is 303 g/mol. The lowest BCUT2D eigenvalue weighted by Gasteiger charge is -2.09. The van der Waals surface area contributed by atoms with Crippen LogP contribution in [-0.4, -0.2) is 19.8 Å². The summed E-state index contributed by atoms with van der Waals surface area (Å²) in [5.41, 5.74) is -2.34. The van der Waals surface area contributed by atoms with Gasteiger partial charge in [0.15, 0.2) is 4.90 Å². The van der Waals surface area contributed by atoms with Crippen molar-refractivity contribution in [3.8, 4) is 11.9 Å². The standard InChI is InChI=1S/C7H2ClF3N2O4S/c8-18(15,16)5-3(2-12)1-4(13-6(5)14)17-7(9,10)11/h1H,(H,13,14).